The van der Waals surface area contributed by atoms with E-state index in [1.54, 1.807) is 74.5 Å². The summed E-state index contributed by atoms with van der Waals surface area (Å²) in [5.41, 5.74) is 6.45. The molecule has 0 saturated carbocycles. The van der Waals surface area contributed by atoms with Gasteiger partial charge >= 0.3 is 5.97 Å². The van der Waals surface area contributed by atoms with E-state index < -0.39 is 108 Å². The summed E-state index contributed by atoms with van der Waals surface area (Å²) >= 11 is 0. The molecule has 0 unspecified atom stereocenters. The molecule has 0 spiro atoms. The first-order valence-electron chi connectivity index (χ1n) is 19.8. The highest BCUT2D eigenvalue weighted by molar-refractivity contribution is 6.01. The van der Waals surface area contributed by atoms with Gasteiger partial charge in [-0.25, -0.2) is 4.79 Å². The standard InChI is InChI=1S/C42H57N9O11/c1-23(2)19-29(39(58)50-35(24(3)4)37(43)56)49-41(60)36(28-15-11-8-12-16-28)51-40(59)31(21-44-26(6)52)48-33(54)18-17-32(53)46-25(5)38(57)45-22-34(55)47-30(42(61)62)20-27-13-9-7-10-14-27/h7-18,23-25,29-31,35-36H,19-22H2,1-6H3,(H2,43,56)(H,44,52)(H,45,57)(H,46,53)(H,47,55)(H,48,54)(H,49,60)(H,50,58)(H,51,59)(H,61,62)/b18-17+/t25-,29-,30-,31-,35-,36-/m0/s1. The monoisotopic (exact) mass is 863 g/mol. The molecule has 0 fully saturated rings. The van der Waals surface area contributed by atoms with Crippen molar-refractivity contribution in [3.63, 3.8) is 0 Å². The summed E-state index contributed by atoms with van der Waals surface area (Å²) < 4.78 is 0. The summed E-state index contributed by atoms with van der Waals surface area (Å²) in [5, 5.41) is 29.0. The molecule has 2 rings (SSSR count). The van der Waals surface area contributed by atoms with Gasteiger partial charge in [-0.15, -0.1) is 0 Å². The van der Waals surface area contributed by atoms with Gasteiger partial charge in [-0.2, -0.15) is 0 Å². The molecule has 20 heteroatoms. The average molecular weight is 864 g/mol. The lowest BCUT2D eigenvalue weighted by Crippen LogP contribution is -2.57. The Morgan fingerprint density at radius 2 is 1.19 bits per heavy atom. The Labute approximate surface area is 359 Å². The first kappa shape index (κ1) is 51.0. The van der Waals surface area contributed by atoms with E-state index in [1.165, 1.54) is 13.8 Å². The summed E-state index contributed by atoms with van der Waals surface area (Å²) in [6, 6.07) is 9.03. The van der Waals surface area contributed by atoms with Crippen molar-refractivity contribution in [2.45, 2.75) is 90.6 Å². The SMILES string of the molecule is CC(=O)NC[C@H](NC(=O)/C=C/C(=O)N[C@@H](C)C(=O)NCC(=O)N[C@@H](Cc1ccccc1)C(=O)O)C(=O)N[C@H](C(=O)N[C@@H](CC(C)C)C(=O)N[C@H](C(N)=O)C(C)C)c1ccccc1. The second kappa shape index (κ2) is 25.5. The molecule has 0 aliphatic heterocycles. The average Bonchev–Trinajstić information content (AvgIpc) is 3.21. The largest absolute Gasteiger partial charge is 0.480 e. The number of carboxylic acids is 1. The van der Waals surface area contributed by atoms with Crippen LogP contribution in [0, 0.1) is 11.8 Å². The fraction of sp³-hybridized carbons (Fsp3) is 0.429. The Bertz CT molecular complexity index is 1940. The van der Waals surface area contributed by atoms with Crippen molar-refractivity contribution in [2.24, 2.45) is 17.6 Å². The first-order valence-corrected chi connectivity index (χ1v) is 19.8. The van der Waals surface area contributed by atoms with E-state index in [-0.39, 0.29) is 24.7 Å². The van der Waals surface area contributed by atoms with Crippen molar-refractivity contribution in [1.29, 1.82) is 0 Å². The number of benzene rings is 2. The summed E-state index contributed by atoms with van der Waals surface area (Å²) in [6.07, 6.45) is 1.69. The molecule has 0 aliphatic rings. The van der Waals surface area contributed by atoms with E-state index >= 15 is 0 Å². The van der Waals surface area contributed by atoms with Crippen molar-refractivity contribution in [3.8, 4) is 0 Å². The minimum Gasteiger partial charge on any atom is -0.480 e. The predicted molar refractivity (Wildman–Crippen MR) is 225 cm³/mol. The number of carbonyl (C=O) groups is 10. The Morgan fingerprint density at radius 3 is 1.73 bits per heavy atom. The molecule has 20 nitrogen and oxygen atoms in total. The number of amides is 9. The Balaban J connectivity index is 2.12. The number of aliphatic carboxylic acids is 1. The van der Waals surface area contributed by atoms with Crippen LogP contribution in [0.2, 0.25) is 0 Å². The molecule has 0 radical (unpaired) electrons. The number of hydrogen-bond acceptors (Lipinski definition) is 10. The molecule has 6 atom stereocenters. The van der Waals surface area contributed by atoms with Gasteiger partial charge in [-0.3, -0.25) is 43.2 Å². The van der Waals surface area contributed by atoms with Gasteiger partial charge in [0.05, 0.1) is 6.54 Å². The molecule has 0 bridgehead atoms. The third kappa shape index (κ3) is 18.4. The minimum atomic E-state index is -1.50. The molecule has 336 valence electrons. The highest BCUT2D eigenvalue weighted by Gasteiger charge is 2.33. The van der Waals surface area contributed by atoms with Crippen LogP contribution in [0.4, 0.5) is 0 Å². The van der Waals surface area contributed by atoms with Crippen molar-refractivity contribution < 1.29 is 53.1 Å². The molecule has 11 N–H and O–H groups in total. The molecule has 0 heterocycles. The van der Waals surface area contributed by atoms with Gasteiger partial charge in [-0.1, -0.05) is 88.4 Å². The Kier molecular flexibility index (Phi) is 21.0. The lowest BCUT2D eigenvalue weighted by Gasteiger charge is -2.27. The lowest BCUT2D eigenvalue weighted by atomic mass is 9.99. The summed E-state index contributed by atoms with van der Waals surface area (Å²) in [7, 11) is 0. The molecular formula is C42H57N9O11. The van der Waals surface area contributed by atoms with Crippen molar-refractivity contribution >= 4 is 59.1 Å². The van der Waals surface area contributed by atoms with Crippen molar-refractivity contribution in [3.05, 3.63) is 83.9 Å². The Morgan fingerprint density at radius 1 is 0.629 bits per heavy atom. The maximum absolute atomic E-state index is 13.9. The predicted octanol–water partition coefficient (Wildman–Crippen LogP) is -1.39. The van der Waals surface area contributed by atoms with E-state index in [4.69, 9.17) is 5.73 Å². The highest BCUT2D eigenvalue weighted by Crippen LogP contribution is 2.16. The number of nitrogens with one attached hydrogen (secondary N) is 8. The van der Waals surface area contributed by atoms with Gasteiger partial charge < -0.3 is 53.4 Å². The van der Waals surface area contributed by atoms with Crippen LogP contribution in [-0.2, 0) is 54.4 Å². The van der Waals surface area contributed by atoms with Crippen LogP contribution in [0.1, 0.15) is 65.1 Å². The first-order chi connectivity index (χ1) is 29.2. The second-order valence-electron chi connectivity index (χ2n) is 15.1. The quantitative estimate of drug-likeness (QED) is 0.0548. The summed E-state index contributed by atoms with van der Waals surface area (Å²) in [4.78, 5) is 127. The number of carboxylic acid groups (broad SMARTS) is 1. The number of primary amides is 1. The molecule has 0 aromatic heterocycles. The smallest absolute Gasteiger partial charge is 0.326 e. The molecule has 0 saturated heterocycles. The van der Waals surface area contributed by atoms with Gasteiger partial charge in [0, 0.05) is 32.0 Å². The number of nitrogens with two attached hydrogens (primary N) is 1. The van der Waals surface area contributed by atoms with E-state index in [0.29, 0.717) is 11.1 Å². The highest BCUT2D eigenvalue weighted by atomic mass is 16.4. The van der Waals surface area contributed by atoms with Crippen LogP contribution in [0.25, 0.3) is 0 Å². The van der Waals surface area contributed by atoms with Gasteiger partial charge in [0.25, 0.3) is 0 Å². The third-order valence-electron chi connectivity index (χ3n) is 8.96. The number of hydrogen-bond donors (Lipinski definition) is 10. The van der Waals surface area contributed by atoms with E-state index in [2.05, 4.69) is 42.5 Å². The maximum Gasteiger partial charge on any atom is 0.326 e. The summed E-state index contributed by atoms with van der Waals surface area (Å²) in [6.45, 7) is 8.45. The van der Waals surface area contributed by atoms with Gasteiger partial charge in [0.2, 0.25) is 53.2 Å². The zero-order valence-electron chi connectivity index (χ0n) is 35.5. The van der Waals surface area contributed by atoms with E-state index in [0.717, 1.165) is 12.2 Å². The zero-order chi connectivity index (χ0) is 46.5. The van der Waals surface area contributed by atoms with Gasteiger partial charge in [-0.05, 0) is 36.3 Å². The van der Waals surface area contributed by atoms with Crippen molar-refractivity contribution in [2.75, 3.05) is 13.1 Å². The molecular weight excluding hydrogens is 807 g/mol. The van der Waals surface area contributed by atoms with Crippen molar-refractivity contribution in [1.82, 2.24) is 42.5 Å². The topological polar surface area (TPSA) is 313 Å². The molecule has 9 amide bonds. The molecule has 2 aromatic carbocycles. The maximum atomic E-state index is 13.9. The lowest BCUT2D eigenvalue weighted by molar-refractivity contribution is -0.141. The Hall–Kier alpha value is -7.12. The van der Waals surface area contributed by atoms with Crippen LogP contribution in [0.5, 0.6) is 0 Å². The van der Waals surface area contributed by atoms with Gasteiger partial charge in [0.15, 0.2) is 0 Å². The summed E-state index contributed by atoms with van der Waals surface area (Å²) in [5.74, 6) is -8.93. The third-order valence-corrected chi connectivity index (χ3v) is 8.96. The molecule has 0 aliphatic carbocycles. The zero-order valence-corrected chi connectivity index (χ0v) is 35.5. The number of carbonyl (C=O) groups excluding carboxylic acids is 9. The van der Waals surface area contributed by atoms with E-state index in [9.17, 15) is 53.1 Å². The fourth-order valence-electron chi connectivity index (χ4n) is 5.74. The number of rotatable bonds is 24. The normalized spacial score (nSPS) is 13.9. The van der Waals surface area contributed by atoms with Crippen LogP contribution < -0.4 is 48.3 Å². The van der Waals surface area contributed by atoms with E-state index in [1.807, 2.05) is 13.8 Å². The minimum absolute atomic E-state index is 0.00728. The fourth-order valence-corrected chi connectivity index (χ4v) is 5.74. The van der Waals surface area contributed by atoms with Crippen LogP contribution in [0.15, 0.2) is 72.8 Å². The molecule has 62 heavy (non-hydrogen) atoms. The van der Waals surface area contributed by atoms with Crippen LogP contribution in [-0.4, -0.2) is 108 Å². The van der Waals surface area contributed by atoms with Crippen LogP contribution >= 0.6 is 0 Å². The molecule has 2 aromatic rings. The second-order valence-corrected chi connectivity index (χ2v) is 15.1. The van der Waals surface area contributed by atoms with Crippen LogP contribution in [0.3, 0.4) is 0 Å². The van der Waals surface area contributed by atoms with Gasteiger partial charge in [0.1, 0.15) is 36.3 Å².